The number of rotatable bonds is 2. The van der Waals surface area contributed by atoms with Crippen molar-refractivity contribution >= 4 is 21.6 Å². The quantitative estimate of drug-likeness (QED) is 0.599. The molecule has 1 saturated carbocycles. The number of halogens is 4. The molecule has 3 aromatic heterocycles. The van der Waals surface area contributed by atoms with Gasteiger partial charge in [0.2, 0.25) is 0 Å². The molecule has 0 spiro atoms. The molecule has 0 saturated heterocycles. The number of pyridine rings is 2. The van der Waals surface area contributed by atoms with Crippen LogP contribution in [0.25, 0.3) is 17.0 Å². The molecule has 3 heterocycles. The second-order valence-corrected chi connectivity index (χ2v) is 6.52. The first-order valence-electron chi connectivity index (χ1n) is 7.08. The van der Waals surface area contributed by atoms with E-state index >= 15 is 0 Å². The van der Waals surface area contributed by atoms with E-state index in [2.05, 4.69) is 25.9 Å². The summed E-state index contributed by atoms with van der Waals surface area (Å²) in [7, 11) is 0. The van der Waals surface area contributed by atoms with Gasteiger partial charge in [0.15, 0.2) is 0 Å². The third-order valence-corrected chi connectivity index (χ3v) is 4.78. The van der Waals surface area contributed by atoms with Gasteiger partial charge in [-0.05, 0) is 58.6 Å². The third kappa shape index (κ3) is 2.25. The van der Waals surface area contributed by atoms with Crippen LogP contribution in [0.2, 0.25) is 0 Å². The van der Waals surface area contributed by atoms with Crippen LogP contribution in [0.5, 0.6) is 0 Å². The largest absolute Gasteiger partial charge is 0.398 e. The first-order chi connectivity index (χ1) is 10.9. The Balaban J connectivity index is 1.82. The fourth-order valence-electron chi connectivity index (χ4n) is 2.88. The van der Waals surface area contributed by atoms with Gasteiger partial charge in [-0.15, -0.1) is 0 Å². The van der Waals surface area contributed by atoms with Crippen molar-refractivity contribution in [3.05, 3.63) is 52.9 Å². The zero-order chi connectivity index (χ0) is 16.2. The smallest absolute Gasteiger partial charge is 0.298 e. The summed E-state index contributed by atoms with van der Waals surface area (Å²) >= 11 is 3.31. The summed E-state index contributed by atoms with van der Waals surface area (Å²) in [6, 6.07) is 8.56. The Labute approximate surface area is 138 Å². The molecule has 0 aliphatic heterocycles. The molecule has 0 amide bonds. The zero-order valence-corrected chi connectivity index (χ0v) is 13.4. The van der Waals surface area contributed by atoms with Crippen molar-refractivity contribution in [1.82, 2.24) is 14.4 Å². The molecule has 1 aliphatic rings. The SMILES string of the molecule is FC(F)(F)C1(c2ccn3c(-c4cccc(Br)n4)cnc3c2)CC1. The fraction of sp³-hybridized carbons (Fsp3) is 0.250. The summed E-state index contributed by atoms with van der Waals surface area (Å²) in [4.78, 5) is 8.61. The maximum atomic E-state index is 13.3. The number of alkyl halides is 3. The Morgan fingerprint density at radius 3 is 2.61 bits per heavy atom. The molecule has 3 aromatic rings. The van der Waals surface area contributed by atoms with E-state index in [0.717, 1.165) is 5.69 Å². The van der Waals surface area contributed by atoms with Crippen LogP contribution in [0.15, 0.2) is 47.3 Å². The molecule has 7 heteroatoms. The molecule has 0 unspecified atom stereocenters. The van der Waals surface area contributed by atoms with Crippen molar-refractivity contribution in [3.63, 3.8) is 0 Å². The second kappa shape index (κ2) is 4.80. The normalized spacial score (nSPS) is 16.7. The highest BCUT2D eigenvalue weighted by Gasteiger charge is 2.64. The summed E-state index contributed by atoms with van der Waals surface area (Å²) < 4.78 is 42.2. The third-order valence-electron chi connectivity index (χ3n) is 4.34. The van der Waals surface area contributed by atoms with Gasteiger partial charge in [0.25, 0.3) is 0 Å². The van der Waals surface area contributed by atoms with Gasteiger partial charge < -0.3 is 0 Å². The van der Waals surface area contributed by atoms with Crippen molar-refractivity contribution in [2.24, 2.45) is 0 Å². The molecule has 4 rings (SSSR count). The summed E-state index contributed by atoms with van der Waals surface area (Å²) in [6.07, 6.45) is -0.657. The summed E-state index contributed by atoms with van der Waals surface area (Å²) in [5, 5.41) is 0. The zero-order valence-electron chi connectivity index (χ0n) is 11.8. The average molecular weight is 382 g/mol. The van der Waals surface area contributed by atoms with E-state index in [1.54, 1.807) is 16.8 Å². The number of hydrogen-bond acceptors (Lipinski definition) is 2. The van der Waals surface area contributed by atoms with Crippen molar-refractivity contribution in [2.75, 3.05) is 0 Å². The molecule has 3 nitrogen and oxygen atoms in total. The van der Waals surface area contributed by atoms with E-state index in [1.165, 1.54) is 12.1 Å². The van der Waals surface area contributed by atoms with Gasteiger partial charge in [-0.2, -0.15) is 13.2 Å². The Morgan fingerprint density at radius 1 is 1.17 bits per heavy atom. The summed E-state index contributed by atoms with van der Waals surface area (Å²) in [5.41, 5.74) is 0.544. The van der Waals surface area contributed by atoms with Crippen LogP contribution < -0.4 is 0 Å². The van der Waals surface area contributed by atoms with Crippen molar-refractivity contribution in [1.29, 1.82) is 0 Å². The van der Waals surface area contributed by atoms with Crippen molar-refractivity contribution < 1.29 is 13.2 Å². The van der Waals surface area contributed by atoms with Crippen LogP contribution in [-0.4, -0.2) is 20.5 Å². The van der Waals surface area contributed by atoms with Gasteiger partial charge in [-0.1, -0.05) is 6.07 Å². The highest BCUT2D eigenvalue weighted by atomic mass is 79.9. The van der Waals surface area contributed by atoms with Gasteiger partial charge in [-0.3, -0.25) is 4.40 Å². The lowest BCUT2D eigenvalue weighted by atomic mass is 9.96. The van der Waals surface area contributed by atoms with E-state index in [9.17, 15) is 13.2 Å². The van der Waals surface area contributed by atoms with Crippen LogP contribution in [0.3, 0.4) is 0 Å². The van der Waals surface area contributed by atoms with E-state index < -0.39 is 11.6 Å². The molecule has 0 radical (unpaired) electrons. The minimum absolute atomic E-state index is 0.146. The average Bonchev–Trinajstić information content (AvgIpc) is 3.22. The summed E-state index contributed by atoms with van der Waals surface area (Å²) in [5.74, 6) is 0. The van der Waals surface area contributed by atoms with Crippen LogP contribution in [-0.2, 0) is 5.41 Å². The summed E-state index contributed by atoms with van der Waals surface area (Å²) in [6.45, 7) is 0. The molecule has 1 aliphatic carbocycles. The first kappa shape index (κ1) is 14.7. The Kier molecular flexibility index (Phi) is 3.07. The molecule has 0 N–H and O–H groups in total. The van der Waals surface area contributed by atoms with E-state index in [0.29, 0.717) is 15.9 Å². The number of imidazole rings is 1. The first-order valence-corrected chi connectivity index (χ1v) is 7.87. The van der Waals surface area contributed by atoms with Gasteiger partial charge >= 0.3 is 6.18 Å². The van der Waals surface area contributed by atoms with E-state index in [4.69, 9.17) is 0 Å². The van der Waals surface area contributed by atoms with Gasteiger partial charge in [-0.25, -0.2) is 9.97 Å². The van der Waals surface area contributed by atoms with Crippen molar-refractivity contribution in [2.45, 2.75) is 24.4 Å². The Morgan fingerprint density at radius 2 is 1.96 bits per heavy atom. The highest BCUT2D eigenvalue weighted by molar-refractivity contribution is 9.10. The molecule has 23 heavy (non-hydrogen) atoms. The lowest BCUT2D eigenvalue weighted by molar-refractivity contribution is -0.160. The number of hydrogen-bond donors (Lipinski definition) is 0. The van der Waals surface area contributed by atoms with E-state index in [-0.39, 0.29) is 18.4 Å². The minimum Gasteiger partial charge on any atom is -0.298 e. The molecule has 118 valence electrons. The monoisotopic (exact) mass is 381 g/mol. The van der Waals surface area contributed by atoms with Gasteiger partial charge in [0.05, 0.1) is 23.0 Å². The predicted molar refractivity (Wildman–Crippen MR) is 83.1 cm³/mol. The molecule has 0 bridgehead atoms. The van der Waals surface area contributed by atoms with Gasteiger partial charge in [0.1, 0.15) is 10.3 Å². The Bertz CT molecular complexity index is 897. The van der Waals surface area contributed by atoms with Crippen LogP contribution in [0.4, 0.5) is 13.2 Å². The van der Waals surface area contributed by atoms with Crippen LogP contribution >= 0.6 is 15.9 Å². The molecule has 1 fully saturated rings. The highest BCUT2D eigenvalue weighted by Crippen LogP contribution is 2.58. The van der Waals surface area contributed by atoms with Crippen molar-refractivity contribution in [3.8, 4) is 11.4 Å². The number of nitrogens with zero attached hydrogens (tertiary/aromatic N) is 3. The Hall–Kier alpha value is -1.89. The molecule has 0 aromatic carbocycles. The maximum absolute atomic E-state index is 13.3. The number of aromatic nitrogens is 3. The predicted octanol–water partition coefficient (Wildman–Crippen LogP) is 4.75. The molecule has 0 atom stereocenters. The van der Waals surface area contributed by atoms with Crippen LogP contribution in [0, 0.1) is 0 Å². The second-order valence-electron chi connectivity index (χ2n) is 5.71. The lowest BCUT2D eigenvalue weighted by Gasteiger charge is -2.19. The topological polar surface area (TPSA) is 30.2 Å². The minimum atomic E-state index is -4.22. The van der Waals surface area contributed by atoms with Gasteiger partial charge in [0, 0.05) is 6.20 Å². The number of fused-ring (bicyclic) bond motifs is 1. The molecular weight excluding hydrogens is 371 g/mol. The van der Waals surface area contributed by atoms with Crippen LogP contribution in [0.1, 0.15) is 18.4 Å². The maximum Gasteiger partial charge on any atom is 0.398 e. The molecular formula is C16H11BrF3N3. The lowest BCUT2D eigenvalue weighted by Crippen LogP contribution is -2.28. The fourth-order valence-corrected chi connectivity index (χ4v) is 3.22. The standard InChI is InChI=1S/C16H11BrF3N3/c17-13-3-1-2-11(22-13)12-9-21-14-8-10(4-7-23(12)14)15(5-6-15)16(18,19)20/h1-4,7-9H,5-6H2. The van der Waals surface area contributed by atoms with E-state index in [1.807, 2.05) is 18.2 Å².